The lowest BCUT2D eigenvalue weighted by Crippen LogP contribution is -2.29. The number of phosphoric ester groups is 1. The van der Waals surface area contributed by atoms with Gasteiger partial charge in [-0.2, -0.15) is 0 Å². The van der Waals surface area contributed by atoms with Crippen LogP contribution in [0.2, 0.25) is 0 Å². The number of unbranched alkanes of at least 4 members (excludes halogenated alkanes) is 34. The monoisotopic (exact) mass is 952 g/mol. The van der Waals surface area contributed by atoms with Crippen LogP contribution < -0.4 is 5.73 Å². The average molecular weight is 952 g/mol. The Morgan fingerprint density at radius 2 is 0.788 bits per heavy atom. The molecule has 0 aliphatic rings. The molecule has 0 aromatic rings. The fourth-order valence-corrected chi connectivity index (χ4v) is 8.88. The fraction of sp³-hybridized carbons (Fsp3) is 0.857. The molecule has 10 heteroatoms. The smallest absolute Gasteiger partial charge is 0.462 e. The van der Waals surface area contributed by atoms with Crippen LogP contribution in [-0.2, 0) is 32.7 Å². The molecule has 9 nitrogen and oxygen atoms in total. The zero-order chi connectivity index (χ0) is 48.1. The average Bonchev–Trinajstić information content (AvgIpc) is 3.31. The van der Waals surface area contributed by atoms with Gasteiger partial charge in [-0.25, -0.2) is 4.57 Å². The summed E-state index contributed by atoms with van der Waals surface area (Å²) in [5, 5.41) is 0. The van der Waals surface area contributed by atoms with Gasteiger partial charge in [0.05, 0.1) is 13.2 Å². The van der Waals surface area contributed by atoms with Crippen molar-refractivity contribution in [2.24, 2.45) is 5.73 Å². The highest BCUT2D eigenvalue weighted by Gasteiger charge is 2.26. The number of hydrogen-bond acceptors (Lipinski definition) is 8. The van der Waals surface area contributed by atoms with Crippen molar-refractivity contribution < 1.29 is 37.6 Å². The summed E-state index contributed by atoms with van der Waals surface area (Å²) in [5.74, 6) is -0.815. The second-order valence-corrected chi connectivity index (χ2v) is 20.3. The molecular weight excluding hydrogens is 846 g/mol. The number of carbonyl (C=O) groups is 2. The summed E-state index contributed by atoms with van der Waals surface area (Å²) >= 11 is 0. The van der Waals surface area contributed by atoms with E-state index in [0.717, 1.165) is 44.9 Å². The van der Waals surface area contributed by atoms with E-state index in [-0.39, 0.29) is 38.6 Å². The minimum Gasteiger partial charge on any atom is -0.462 e. The van der Waals surface area contributed by atoms with E-state index in [2.05, 4.69) is 50.3 Å². The summed E-state index contributed by atoms with van der Waals surface area (Å²) in [4.78, 5) is 35.1. The molecular formula is C56H106NO8P. The summed E-state index contributed by atoms with van der Waals surface area (Å²) in [6, 6.07) is 0. The SMILES string of the molecule is CCCCCCC/C=C\C/C=C\C/C=C\CCCCCCCCCCCCCCCCCCC(=O)OC(COC(=O)CCCCCCCCCCCCCCCC)COP(=O)(O)OCCN. The molecule has 0 fully saturated rings. The highest BCUT2D eigenvalue weighted by atomic mass is 31.2. The van der Waals surface area contributed by atoms with Crippen LogP contribution in [0.25, 0.3) is 0 Å². The van der Waals surface area contributed by atoms with Crippen molar-refractivity contribution in [3.8, 4) is 0 Å². The Morgan fingerprint density at radius 1 is 0.455 bits per heavy atom. The van der Waals surface area contributed by atoms with Crippen LogP contribution in [0.15, 0.2) is 36.5 Å². The second kappa shape index (κ2) is 52.6. The molecule has 3 N–H and O–H groups in total. The molecule has 0 bridgehead atoms. The van der Waals surface area contributed by atoms with E-state index in [1.807, 2.05) is 0 Å². The highest BCUT2D eigenvalue weighted by Crippen LogP contribution is 2.43. The van der Waals surface area contributed by atoms with E-state index in [0.29, 0.717) is 6.42 Å². The van der Waals surface area contributed by atoms with Crippen LogP contribution in [0.1, 0.15) is 277 Å². The second-order valence-electron chi connectivity index (χ2n) is 18.8. The van der Waals surface area contributed by atoms with Crippen LogP contribution in [0.3, 0.4) is 0 Å². The Morgan fingerprint density at radius 3 is 1.17 bits per heavy atom. The first-order valence-corrected chi connectivity index (χ1v) is 29.5. The van der Waals surface area contributed by atoms with Crippen LogP contribution in [0, 0.1) is 0 Å². The third-order valence-electron chi connectivity index (χ3n) is 12.3. The van der Waals surface area contributed by atoms with Gasteiger partial charge >= 0.3 is 19.8 Å². The van der Waals surface area contributed by atoms with Crippen molar-refractivity contribution in [2.45, 2.75) is 283 Å². The first-order chi connectivity index (χ1) is 32.3. The van der Waals surface area contributed by atoms with Gasteiger partial charge in [-0.15, -0.1) is 0 Å². The number of rotatable bonds is 53. The minimum absolute atomic E-state index is 0.0554. The molecule has 388 valence electrons. The number of ether oxygens (including phenoxy) is 2. The molecule has 0 aromatic carbocycles. The lowest BCUT2D eigenvalue weighted by Gasteiger charge is -2.19. The van der Waals surface area contributed by atoms with Crippen LogP contribution in [0.5, 0.6) is 0 Å². The molecule has 2 atom stereocenters. The molecule has 0 aromatic heterocycles. The fourth-order valence-electron chi connectivity index (χ4n) is 8.12. The standard InChI is InChI=1S/C56H106NO8P/c1-3-5-7-9-11-13-15-17-19-20-21-22-23-24-25-26-27-28-29-30-31-32-33-34-35-37-39-41-43-45-47-49-56(59)65-54(53-64-66(60,61)63-51-50-57)52-62-55(58)48-46-44-42-40-38-36-18-16-14-12-10-8-6-4-2/h15,17,20-21,23-24,54H,3-14,16,18-19,22,25-53,57H2,1-2H3,(H,60,61)/b17-15-,21-20-,24-23-. The maximum atomic E-state index is 12.7. The van der Waals surface area contributed by atoms with Crippen molar-refractivity contribution in [1.29, 1.82) is 0 Å². The lowest BCUT2D eigenvalue weighted by atomic mass is 10.0. The zero-order valence-electron chi connectivity index (χ0n) is 43.2. The van der Waals surface area contributed by atoms with E-state index in [1.54, 1.807) is 0 Å². The summed E-state index contributed by atoms with van der Waals surface area (Å²) in [5.41, 5.74) is 5.37. The first kappa shape index (κ1) is 64.2. The Bertz CT molecular complexity index is 1180. The van der Waals surface area contributed by atoms with E-state index in [1.165, 1.54) is 199 Å². The molecule has 0 spiro atoms. The van der Waals surface area contributed by atoms with Gasteiger partial charge in [-0.3, -0.25) is 18.6 Å². The van der Waals surface area contributed by atoms with Gasteiger partial charge in [0.1, 0.15) is 6.61 Å². The predicted octanol–water partition coefficient (Wildman–Crippen LogP) is 17.2. The Kier molecular flexibility index (Phi) is 51.2. The van der Waals surface area contributed by atoms with Gasteiger partial charge in [-0.1, -0.05) is 249 Å². The van der Waals surface area contributed by atoms with E-state index in [9.17, 15) is 19.0 Å². The number of nitrogens with two attached hydrogens (primary N) is 1. The van der Waals surface area contributed by atoms with Crippen LogP contribution in [0.4, 0.5) is 0 Å². The summed E-state index contributed by atoms with van der Waals surface area (Å²) in [6.45, 7) is 3.77. The molecule has 0 radical (unpaired) electrons. The molecule has 2 unspecified atom stereocenters. The molecule has 0 heterocycles. The van der Waals surface area contributed by atoms with Crippen LogP contribution >= 0.6 is 7.82 Å². The maximum absolute atomic E-state index is 12.7. The number of phosphoric acid groups is 1. The van der Waals surface area contributed by atoms with Crippen LogP contribution in [-0.4, -0.2) is 49.3 Å². The van der Waals surface area contributed by atoms with Gasteiger partial charge in [0, 0.05) is 19.4 Å². The van der Waals surface area contributed by atoms with Gasteiger partial charge in [0.25, 0.3) is 0 Å². The molecule has 0 amide bonds. The largest absolute Gasteiger partial charge is 0.472 e. The lowest BCUT2D eigenvalue weighted by molar-refractivity contribution is -0.161. The number of allylic oxidation sites excluding steroid dienone is 6. The van der Waals surface area contributed by atoms with Gasteiger partial charge in [0.2, 0.25) is 0 Å². The Hall–Kier alpha value is -1.77. The van der Waals surface area contributed by atoms with E-state index < -0.39 is 26.5 Å². The third-order valence-corrected chi connectivity index (χ3v) is 13.3. The topological polar surface area (TPSA) is 134 Å². The normalized spacial score (nSPS) is 13.3. The first-order valence-electron chi connectivity index (χ1n) is 28.0. The third kappa shape index (κ3) is 51.6. The molecule has 0 aliphatic carbocycles. The Balaban J connectivity index is 3.89. The van der Waals surface area contributed by atoms with Gasteiger partial charge in [-0.05, 0) is 51.4 Å². The highest BCUT2D eigenvalue weighted by molar-refractivity contribution is 7.47. The molecule has 0 rings (SSSR count). The number of hydrogen-bond donors (Lipinski definition) is 2. The maximum Gasteiger partial charge on any atom is 0.472 e. The van der Waals surface area contributed by atoms with Gasteiger partial charge < -0.3 is 20.1 Å². The van der Waals surface area contributed by atoms with Crippen molar-refractivity contribution in [3.05, 3.63) is 36.5 Å². The zero-order valence-corrected chi connectivity index (χ0v) is 44.1. The molecule has 0 saturated heterocycles. The van der Waals surface area contributed by atoms with Crippen molar-refractivity contribution in [1.82, 2.24) is 0 Å². The van der Waals surface area contributed by atoms with Crippen molar-refractivity contribution in [2.75, 3.05) is 26.4 Å². The van der Waals surface area contributed by atoms with Gasteiger partial charge in [0.15, 0.2) is 6.10 Å². The molecule has 66 heavy (non-hydrogen) atoms. The number of carbonyl (C=O) groups excluding carboxylic acids is 2. The summed E-state index contributed by atoms with van der Waals surface area (Å²) in [7, 11) is -4.38. The molecule has 0 saturated carbocycles. The quantitative estimate of drug-likeness (QED) is 0.0264. The summed E-state index contributed by atoms with van der Waals surface area (Å²) in [6.07, 6.45) is 62.0. The van der Waals surface area contributed by atoms with Crippen molar-refractivity contribution >= 4 is 19.8 Å². The minimum atomic E-state index is -4.38. The summed E-state index contributed by atoms with van der Waals surface area (Å²) < 4.78 is 33.0. The predicted molar refractivity (Wildman–Crippen MR) is 280 cm³/mol. The molecule has 0 aliphatic heterocycles. The Labute approximate surface area is 407 Å². The van der Waals surface area contributed by atoms with E-state index in [4.69, 9.17) is 24.3 Å². The number of esters is 2. The van der Waals surface area contributed by atoms with E-state index >= 15 is 0 Å². The van der Waals surface area contributed by atoms with Crippen molar-refractivity contribution in [3.63, 3.8) is 0 Å².